The van der Waals surface area contributed by atoms with Gasteiger partial charge in [-0.3, -0.25) is 0 Å². The van der Waals surface area contributed by atoms with E-state index in [2.05, 4.69) is 5.32 Å². The van der Waals surface area contributed by atoms with E-state index in [-0.39, 0.29) is 5.56 Å². The molecule has 0 amide bonds. The van der Waals surface area contributed by atoms with Crippen molar-refractivity contribution in [1.82, 2.24) is 5.32 Å². The van der Waals surface area contributed by atoms with E-state index < -0.39 is 30.6 Å². The van der Waals surface area contributed by atoms with Gasteiger partial charge in [-0.25, -0.2) is 8.78 Å². The molecule has 0 saturated heterocycles. The molecule has 0 aromatic heterocycles. The first-order chi connectivity index (χ1) is 7.74. The van der Waals surface area contributed by atoms with Crippen LogP contribution >= 0.6 is 0 Å². The van der Waals surface area contributed by atoms with Crippen LogP contribution in [0.4, 0.5) is 22.0 Å². The Morgan fingerprint density at radius 1 is 1.12 bits per heavy atom. The van der Waals surface area contributed by atoms with E-state index in [4.69, 9.17) is 0 Å². The molecule has 0 fully saturated rings. The van der Waals surface area contributed by atoms with E-state index in [1.165, 1.54) is 13.1 Å². The van der Waals surface area contributed by atoms with Crippen molar-refractivity contribution in [3.63, 3.8) is 0 Å². The molecule has 17 heavy (non-hydrogen) atoms. The molecule has 0 unspecified atom stereocenters. The minimum absolute atomic E-state index is 0.0277. The molecule has 1 aromatic carbocycles. The molecule has 0 aliphatic heterocycles. The first-order valence-corrected chi connectivity index (χ1v) is 4.93. The fraction of sp³-hybridized carbons (Fsp3) is 0.455. The first kappa shape index (κ1) is 13.9. The van der Waals surface area contributed by atoms with Crippen LogP contribution in [-0.2, 0) is 12.6 Å². The SMILES string of the molecule is CNCC(F)(F)Cc1cccc(C(F)(F)F)c1. The second kappa shape index (κ2) is 5.00. The van der Waals surface area contributed by atoms with E-state index in [0.29, 0.717) is 0 Å². The van der Waals surface area contributed by atoms with Crippen LogP contribution in [0.25, 0.3) is 0 Å². The van der Waals surface area contributed by atoms with Gasteiger partial charge in [-0.15, -0.1) is 0 Å². The molecule has 6 heteroatoms. The zero-order valence-corrected chi connectivity index (χ0v) is 9.11. The van der Waals surface area contributed by atoms with Crippen LogP contribution in [0.5, 0.6) is 0 Å². The van der Waals surface area contributed by atoms with Gasteiger partial charge in [0.15, 0.2) is 0 Å². The molecule has 0 heterocycles. The van der Waals surface area contributed by atoms with Gasteiger partial charge in [-0.05, 0) is 18.7 Å². The summed E-state index contributed by atoms with van der Waals surface area (Å²) in [4.78, 5) is 0. The summed E-state index contributed by atoms with van der Waals surface area (Å²) in [5.41, 5.74) is -0.935. The number of alkyl halides is 5. The Labute approximate surface area is 95.6 Å². The average Bonchev–Trinajstić information content (AvgIpc) is 2.15. The predicted octanol–water partition coefficient (Wildman–Crippen LogP) is 3.10. The second-order valence-corrected chi connectivity index (χ2v) is 3.76. The minimum Gasteiger partial charge on any atom is -0.314 e. The summed E-state index contributed by atoms with van der Waals surface area (Å²) >= 11 is 0. The molecule has 96 valence electrons. The number of nitrogens with one attached hydrogen (secondary N) is 1. The van der Waals surface area contributed by atoms with Crippen LogP contribution in [0, 0.1) is 0 Å². The maximum Gasteiger partial charge on any atom is 0.416 e. The normalized spacial score (nSPS) is 12.8. The van der Waals surface area contributed by atoms with E-state index in [9.17, 15) is 22.0 Å². The fourth-order valence-electron chi connectivity index (χ4n) is 1.48. The van der Waals surface area contributed by atoms with Crippen LogP contribution in [0.15, 0.2) is 24.3 Å². The van der Waals surface area contributed by atoms with Crippen molar-refractivity contribution in [2.45, 2.75) is 18.5 Å². The first-order valence-electron chi connectivity index (χ1n) is 4.93. The van der Waals surface area contributed by atoms with Crippen LogP contribution in [0.2, 0.25) is 0 Å². The summed E-state index contributed by atoms with van der Waals surface area (Å²) < 4.78 is 63.4. The zero-order valence-electron chi connectivity index (χ0n) is 9.11. The summed E-state index contributed by atoms with van der Waals surface area (Å²) in [6.07, 6.45) is -5.22. The molecule has 1 rings (SSSR count). The van der Waals surface area contributed by atoms with Gasteiger partial charge < -0.3 is 5.32 Å². The highest BCUT2D eigenvalue weighted by Gasteiger charge is 2.32. The van der Waals surface area contributed by atoms with Gasteiger partial charge in [-0.1, -0.05) is 18.2 Å². The number of rotatable bonds is 4. The van der Waals surface area contributed by atoms with Gasteiger partial charge in [0.05, 0.1) is 12.1 Å². The molecule has 0 aliphatic rings. The summed E-state index contributed by atoms with van der Waals surface area (Å²) in [5.74, 6) is -3.06. The molecular formula is C11H12F5N. The van der Waals surface area contributed by atoms with Crippen molar-refractivity contribution < 1.29 is 22.0 Å². The molecule has 1 nitrogen and oxygen atoms in total. The van der Waals surface area contributed by atoms with Crippen molar-refractivity contribution in [2.24, 2.45) is 0 Å². The Morgan fingerprint density at radius 3 is 2.29 bits per heavy atom. The highest BCUT2D eigenvalue weighted by Crippen LogP contribution is 2.30. The molecule has 0 atom stereocenters. The maximum atomic E-state index is 13.2. The lowest BCUT2D eigenvalue weighted by molar-refractivity contribution is -0.137. The molecule has 0 spiro atoms. The van der Waals surface area contributed by atoms with Gasteiger partial charge in [0, 0.05) is 6.42 Å². The molecule has 1 aromatic rings. The Balaban J connectivity index is 2.86. The minimum atomic E-state index is -4.51. The number of hydrogen-bond donors (Lipinski definition) is 1. The third kappa shape index (κ3) is 4.30. The Morgan fingerprint density at radius 2 is 1.76 bits per heavy atom. The lowest BCUT2D eigenvalue weighted by Gasteiger charge is -2.16. The van der Waals surface area contributed by atoms with Gasteiger partial charge in [0.2, 0.25) is 0 Å². The van der Waals surface area contributed by atoms with Crippen molar-refractivity contribution in [2.75, 3.05) is 13.6 Å². The topological polar surface area (TPSA) is 12.0 Å². The highest BCUT2D eigenvalue weighted by atomic mass is 19.4. The average molecular weight is 253 g/mol. The molecule has 1 N–H and O–H groups in total. The van der Waals surface area contributed by atoms with Crippen molar-refractivity contribution in [3.8, 4) is 0 Å². The lowest BCUT2D eigenvalue weighted by atomic mass is 10.0. The molecule has 0 aliphatic carbocycles. The Kier molecular flexibility index (Phi) is 4.08. The summed E-state index contributed by atoms with van der Waals surface area (Å²) in [6.45, 7) is -0.566. The van der Waals surface area contributed by atoms with Gasteiger partial charge in [-0.2, -0.15) is 13.2 Å². The van der Waals surface area contributed by atoms with Gasteiger partial charge >= 0.3 is 6.18 Å². The van der Waals surface area contributed by atoms with E-state index in [1.807, 2.05) is 0 Å². The van der Waals surface area contributed by atoms with Gasteiger partial charge in [0.25, 0.3) is 5.92 Å². The molecule has 0 saturated carbocycles. The standard InChI is InChI=1S/C11H12F5N/c1-17-7-10(12,13)6-8-3-2-4-9(5-8)11(14,15)16/h2-5,17H,6-7H2,1H3. The smallest absolute Gasteiger partial charge is 0.314 e. The van der Waals surface area contributed by atoms with E-state index >= 15 is 0 Å². The Bertz CT molecular complexity index is 372. The van der Waals surface area contributed by atoms with E-state index in [0.717, 1.165) is 18.2 Å². The van der Waals surface area contributed by atoms with Crippen LogP contribution < -0.4 is 5.32 Å². The number of benzene rings is 1. The van der Waals surface area contributed by atoms with Crippen molar-refractivity contribution in [1.29, 1.82) is 0 Å². The quantitative estimate of drug-likeness (QED) is 0.813. The third-order valence-electron chi connectivity index (χ3n) is 2.15. The van der Waals surface area contributed by atoms with Crippen molar-refractivity contribution >= 4 is 0 Å². The van der Waals surface area contributed by atoms with Crippen LogP contribution in [-0.4, -0.2) is 19.5 Å². The fourth-order valence-corrected chi connectivity index (χ4v) is 1.48. The molecule has 0 radical (unpaired) electrons. The summed E-state index contributed by atoms with van der Waals surface area (Å²) in [7, 11) is 1.36. The van der Waals surface area contributed by atoms with Crippen LogP contribution in [0.3, 0.4) is 0 Å². The lowest BCUT2D eigenvalue weighted by Crippen LogP contribution is -2.32. The highest BCUT2D eigenvalue weighted by molar-refractivity contribution is 5.26. The molecule has 0 bridgehead atoms. The van der Waals surface area contributed by atoms with Crippen molar-refractivity contribution in [3.05, 3.63) is 35.4 Å². The number of halogens is 5. The van der Waals surface area contributed by atoms with Gasteiger partial charge in [0.1, 0.15) is 0 Å². The van der Waals surface area contributed by atoms with Crippen LogP contribution in [0.1, 0.15) is 11.1 Å². The van der Waals surface area contributed by atoms with E-state index in [1.54, 1.807) is 0 Å². The monoisotopic (exact) mass is 253 g/mol. The third-order valence-corrected chi connectivity index (χ3v) is 2.15. The summed E-state index contributed by atoms with van der Waals surface area (Å²) in [6, 6.07) is 4.01. The zero-order chi connectivity index (χ0) is 13.1. The number of hydrogen-bond acceptors (Lipinski definition) is 1. The maximum absolute atomic E-state index is 13.2. The Hall–Kier alpha value is -1.17. The second-order valence-electron chi connectivity index (χ2n) is 3.76. The largest absolute Gasteiger partial charge is 0.416 e. The summed E-state index contributed by atoms with van der Waals surface area (Å²) in [5, 5.41) is 2.30. The molecular weight excluding hydrogens is 241 g/mol. The predicted molar refractivity (Wildman–Crippen MR) is 54.0 cm³/mol.